The largest absolute Gasteiger partial charge is 0.493 e. The number of hydrogen-bond donors (Lipinski definition) is 2. The van der Waals surface area contributed by atoms with Gasteiger partial charge in [0.1, 0.15) is 11.9 Å². The predicted molar refractivity (Wildman–Crippen MR) is 139 cm³/mol. The van der Waals surface area contributed by atoms with E-state index in [4.69, 9.17) is 9.47 Å². The molecule has 200 valence electrons. The normalized spacial score (nSPS) is 24.2. The van der Waals surface area contributed by atoms with Crippen molar-refractivity contribution in [3.8, 4) is 22.8 Å². The van der Waals surface area contributed by atoms with E-state index in [1.807, 2.05) is 41.3 Å². The average molecular weight is 524 g/mol. The smallest absolute Gasteiger partial charge is 0.260 e. The maximum absolute atomic E-state index is 14.2. The second-order valence-corrected chi connectivity index (χ2v) is 10.3. The van der Waals surface area contributed by atoms with Gasteiger partial charge in [0.15, 0.2) is 11.5 Å². The minimum absolute atomic E-state index is 0.00215. The summed E-state index contributed by atoms with van der Waals surface area (Å²) in [5, 5.41) is 11.3. The van der Waals surface area contributed by atoms with E-state index in [1.165, 1.54) is 4.68 Å². The van der Waals surface area contributed by atoms with Crippen LogP contribution in [0.2, 0.25) is 0 Å². The van der Waals surface area contributed by atoms with Crippen LogP contribution in [0, 0.1) is 11.8 Å². The summed E-state index contributed by atoms with van der Waals surface area (Å²) >= 11 is 0. The van der Waals surface area contributed by atoms with Gasteiger partial charge >= 0.3 is 0 Å². The Bertz CT molecular complexity index is 1330. The first kappa shape index (κ1) is 24.7. The molecule has 0 saturated carbocycles. The second kappa shape index (κ2) is 9.90. The third kappa shape index (κ3) is 4.36. The number of aromatic nitrogens is 2. The van der Waals surface area contributed by atoms with E-state index in [0.29, 0.717) is 40.4 Å². The van der Waals surface area contributed by atoms with Crippen molar-refractivity contribution in [2.24, 2.45) is 11.8 Å². The maximum Gasteiger partial charge on any atom is 0.260 e. The van der Waals surface area contributed by atoms with Crippen molar-refractivity contribution in [1.29, 1.82) is 0 Å². The molecular formula is C28H31F2N5O3. The number of benzene rings is 2. The van der Waals surface area contributed by atoms with Crippen LogP contribution in [0.3, 0.4) is 0 Å². The number of fused-ring (bicyclic) bond motifs is 2. The molecule has 38 heavy (non-hydrogen) atoms. The molecule has 1 amide bonds. The zero-order valence-corrected chi connectivity index (χ0v) is 21.4. The quantitative estimate of drug-likeness (QED) is 0.504. The Balaban J connectivity index is 1.27. The van der Waals surface area contributed by atoms with Crippen LogP contribution in [0.5, 0.6) is 11.5 Å². The molecule has 8 nitrogen and oxygen atoms in total. The summed E-state index contributed by atoms with van der Waals surface area (Å²) < 4.78 is 40.5. The number of halogens is 2. The van der Waals surface area contributed by atoms with E-state index in [2.05, 4.69) is 15.7 Å². The number of carbonyl (C=O) groups is 1. The zero-order valence-electron chi connectivity index (χ0n) is 21.4. The van der Waals surface area contributed by atoms with Crippen molar-refractivity contribution < 1.29 is 23.0 Å². The number of nitrogens with zero attached hydrogens (tertiary/aromatic N) is 3. The van der Waals surface area contributed by atoms with Crippen molar-refractivity contribution in [2.45, 2.75) is 24.9 Å². The summed E-state index contributed by atoms with van der Waals surface area (Å²) in [6.45, 7) is 3.43. The lowest BCUT2D eigenvalue weighted by molar-refractivity contribution is 0.0659. The highest BCUT2D eigenvalue weighted by Gasteiger charge is 2.38. The Morgan fingerprint density at radius 1 is 1.03 bits per heavy atom. The summed E-state index contributed by atoms with van der Waals surface area (Å²) in [5.74, 6) is 2.65. The number of rotatable bonds is 6. The number of methoxy groups -OCH3 is 2. The standard InChI is InChI=1S/C28H31F2N5O3/c1-37-24-7-6-17(9-25(24)38-2)21-10-23(27(29)30)35-26(32-21)11-22(33-35)16-4-3-5-18(8-16)28(36)34-14-19-12-31-13-20(19)15-34/h3-9,11,19-21,23,27,31-32H,10,12-15H2,1-2H3/t19?,20?,21-,23+/m0/s1. The molecule has 2 N–H and O–H groups in total. The molecule has 6 rings (SSSR count). The van der Waals surface area contributed by atoms with Gasteiger partial charge in [0.05, 0.1) is 26.0 Å². The maximum atomic E-state index is 14.2. The van der Waals surface area contributed by atoms with Crippen molar-refractivity contribution in [1.82, 2.24) is 20.0 Å². The van der Waals surface area contributed by atoms with E-state index in [1.54, 1.807) is 26.4 Å². The third-order valence-corrected chi connectivity index (χ3v) is 8.03. The first-order chi connectivity index (χ1) is 18.4. The van der Waals surface area contributed by atoms with E-state index in [-0.39, 0.29) is 18.4 Å². The first-order valence-electron chi connectivity index (χ1n) is 12.9. The van der Waals surface area contributed by atoms with E-state index in [0.717, 1.165) is 37.3 Å². The molecule has 3 aliphatic rings. The van der Waals surface area contributed by atoms with Gasteiger partial charge in [-0.25, -0.2) is 13.5 Å². The van der Waals surface area contributed by atoms with Crippen LogP contribution in [-0.2, 0) is 0 Å². The van der Waals surface area contributed by atoms with Gasteiger partial charge in [-0.3, -0.25) is 4.79 Å². The van der Waals surface area contributed by atoms with Crippen molar-refractivity contribution in [3.05, 3.63) is 59.7 Å². The Labute approximate surface area is 219 Å². The molecule has 2 aromatic carbocycles. The average Bonchev–Trinajstić information content (AvgIpc) is 3.67. The topological polar surface area (TPSA) is 80.7 Å². The molecule has 1 aromatic heterocycles. The van der Waals surface area contributed by atoms with Gasteiger partial charge in [0.2, 0.25) is 0 Å². The number of carbonyl (C=O) groups excluding carboxylic acids is 1. The molecular weight excluding hydrogens is 492 g/mol. The molecule has 2 unspecified atom stereocenters. The third-order valence-electron chi connectivity index (χ3n) is 8.03. The minimum atomic E-state index is -2.59. The number of likely N-dealkylation sites (tertiary alicyclic amines) is 1. The molecule has 0 aliphatic carbocycles. The fourth-order valence-electron chi connectivity index (χ4n) is 5.99. The zero-order chi connectivity index (χ0) is 26.4. The van der Waals surface area contributed by atoms with Gasteiger partial charge in [-0.05, 0) is 48.1 Å². The number of hydrogen-bond acceptors (Lipinski definition) is 6. The molecule has 3 aromatic rings. The number of ether oxygens (including phenoxy) is 2. The van der Waals surface area contributed by atoms with E-state index < -0.39 is 12.5 Å². The Hall–Kier alpha value is -3.66. The van der Waals surface area contributed by atoms with Gasteiger partial charge in [0.25, 0.3) is 12.3 Å². The van der Waals surface area contributed by atoms with Gasteiger partial charge in [-0.2, -0.15) is 5.10 Å². The van der Waals surface area contributed by atoms with Crippen molar-refractivity contribution in [2.75, 3.05) is 45.7 Å². The lowest BCUT2D eigenvalue weighted by atomic mass is 9.97. The molecule has 0 radical (unpaired) electrons. The van der Waals surface area contributed by atoms with Crippen molar-refractivity contribution >= 4 is 11.7 Å². The van der Waals surface area contributed by atoms with Gasteiger partial charge in [0, 0.05) is 43.4 Å². The fourth-order valence-corrected chi connectivity index (χ4v) is 5.99. The monoisotopic (exact) mass is 523 g/mol. The van der Waals surface area contributed by atoms with Crippen LogP contribution >= 0.6 is 0 Å². The second-order valence-electron chi connectivity index (χ2n) is 10.3. The van der Waals surface area contributed by atoms with Crippen LogP contribution in [0.4, 0.5) is 14.6 Å². The number of amides is 1. The van der Waals surface area contributed by atoms with Crippen LogP contribution in [0.1, 0.15) is 34.4 Å². The molecule has 4 heterocycles. The van der Waals surface area contributed by atoms with Crippen LogP contribution < -0.4 is 20.1 Å². The predicted octanol–water partition coefficient (Wildman–Crippen LogP) is 4.22. The lowest BCUT2D eigenvalue weighted by Crippen LogP contribution is -2.31. The lowest BCUT2D eigenvalue weighted by Gasteiger charge is -2.32. The van der Waals surface area contributed by atoms with E-state index in [9.17, 15) is 13.6 Å². The molecule has 4 atom stereocenters. The van der Waals surface area contributed by atoms with Crippen LogP contribution in [0.25, 0.3) is 11.3 Å². The van der Waals surface area contributed by atoms with Crippen LogP contribution in [0.15, 0.2) is 48.5 Å². The summed E-state index contributed by atoms with van der Waals surface area (Å²) in [6, 6.07) is 13.1. The molecule has 2 fully saturated rings. The molecule has 2 saturated heterocycles. The number of anilines is 1. The summed E-state index contributed by atoms with van der Waals surface area (Å²) in [7, 11) is 3.10. The highest BCUT2D eigenvalue weighted by Crippen LogP contribution is 2.41. The highest BCUT2D eigenvalue weighted by molar-refractivity contribution is 5.95. The van der Waals surface area contributed by atoms with Crippen LogP contribution in [-0.4, -0.2) is 67.4 Å². The number of alkyl halides is 2. The Morgan fingerprint density at radius 2 is 1.79 bits per heavy atom. The summed E-state index contributed by atoms with van der Waals surface area (Å²) in [6.07, 6.45) is -2.44. The molecule has 0 bridgehead atoms. The van der Waals surface area contributed by atoms with Gasteiger partial charge in [-0.15, -0.1) is 0 Å². The fraction of sp³-hybridized carbons (Fsp3) is 0.429. The van der Waals surface area contributed by atoms with Crippen molar-refractivity contribution in [3.63, 3.8) is 0 Å². The first-order valence-corrected chi connectivity index (χ1v) is 12.9. The van der Waals surface area contributed by atoms with Gasteiger partial charge in [-0.1, -0.05) is 18.2 Å². The SMILES string of the molecule is COc1ccc([C@@H]2C[C@H](C(F)F)n3nc(-c4cccc(C(=O)N5CC6CNCC6C5)c4)cc3N2)cc1OC. The molecule has 3 aliphatic heterocycles. The highest BCUT2D eigenvalue weighted by atomic mass is 19.3. The van der Waals surface area contributed by atoms with E-state index >= 15 is 0 Å². The minimum Gasteiger partial charge on any atom is -0.493 e. The number of nitrogens with one attached hydrogen (secondary N) is 2. The molecule has 10 heteroatoms. The Morgan fingerprint density at radius 3 is 2.50 bits per heavy atom. The molecule has 0 spiro atoms. The summed E-state index contributed by atoms with van der Waals surface area (Å²) in [5.41, 5.74) is 2.67. The summed E-state index contributed by atoms with van der Waals surface area (Å²) in [4.78, 5) is 15.2. The van der Waals surface area contributed by atoms with Gasteiger partial charge < -0.3 is 25.0 Å². The Kier molecular flexibility index (Phi) is 6.43.